The van der Waals surface area contributed by atoms with Crippen LogP contribution in [0.2, 0.25) is 0 Å². The fourth-order valence-electron chi connectivity index (χ4n) is 1.97. The van der Waals surface area contributed by atoms with E-state index < -0.39 is 18.0 Å². The summed E-state index contributed by atoms with van der Waals surface area (Å²) in [5.41, 5.74) is -0.255. The van der Waals surface area contributed by atoms with Gasteiger partial charge in [0, 0.05) is 13.7 Å². The lowest BCUT2D eigenvalue weighted by Gasteiger charge is -2.40. The number of rotatable bonds is 8. The van der Waals surface area contributed by atoms with Crippen molar-refractivity contribution < 1.29 is 19.4 Å². The Bertz CT molecular complexity index is 315. The number of urea groups is 1. The van der Waals surface area contributed by atoms with Crippen LogP contribution in [-0.4, -0.2) is 54.4 Å². The second-order valence-corrected chi connectivity index (χ2v) is 5.73. The number of aliphatic carboxylic acids is 1. The van der Waals surface area contributed by atoms with E-state index in [1.165, 1.54) is 0 Å². The molecule has 0 bridgehead atoms. The molecule has 1 fully saturated rings. The summed E-state index contributed by atoms with van der Waals surface area (Å²) in [6.45, 7) is 0.421. The highest BCUT2D eigenvalue weighted by Gasteiger charge is 2.37. The quantitative estimate of drug-likeness (QED) is 0.622. The third kappa shape index (κ3) is 4.91. The van der Waals surface area contributed by atoms with Gasteiger partial charge in [-0.05, 0) is 37.7 Å². The first-order valence-corrected chi connectivity index (χ1v) is 7.73. The number of hydrogen-bond acceptors (Lipinski definition) is 4. The van der Waals surface area contributed by atoms with Crippen molar-refractivity contribution in [3.63, 3.8) is 0 Å². The van der Waals surface area contributed by atoms with E-state index in [2.05, 4.69) is 10.6 Å². The molecular weight excluding hydrogens is 268 g/mol. The zero-order chi connectivity index (χ0) is 14.3. The van der Waals surface area contributed by atoms with Gasteiger partial charge in [-0.2, -0.15) is 11.8 Å². The standard InChI is InChI=1S/C12H22N2O4S/c1-18-12(5-3-6-12)8-13-11(17)14-9(10(15)16)4-7-19-2/h9H,3-8H2,1-2H3,(H,15,16)(H2,13,14,17). The molecule has 19 heavy (non-hydrogen) atoms. The Morgan fingerprint density at radius 3 is 2.58 bits per heavy atom. The van der Waals surface area contributed by atoms with Crippen molar-refractivity contribution in [2.24, 2.45) is 0 Å². The zero-order valence-electron chi connectivity index (χ0n) is 11.4. The van der Waals surface area contributed by atoms with Crippen molar-refractivity contribution >= 4 is 23.8 Å². The highest BCUT2D eigenvalue weighted by atomic mass is 32.2. The van der Waals surface area contributed by atoms with Crippen LogP contribution < -0.4 is 10.6 Å². The minimum atomic E-state index is -1.01. The van der Waals surface area contributed by atoms with E-state index in [1.807, 2.05) is 6.26 Å². The molecule has 0 radical (unpaired) electrons. The third-order valence-corrected chi connectivity index (χ3v) is 4.13. The average molecular weight is 290 g/mol. The van der Waals surface area contributed by atoms with Crippen molar-refractivity contribution in [1.29, 1.82) is 0 Å². The second kappa shape index (κ2) is 7.59. The predicted molar refractivity (Wildman–Crippen MR) is 74.5 cm³/mol. The molecule has 6 nitrogen and oxygen atoms in total. The van der Waals surface area contributed by atoms with Gasteiger partial charge in [-0.1, -0.05) is 0 Å². The minimum Gasteiger partial charge on any atom is -0.480 e. The van der Waals surface area contributed by atoms with Crippen molar-refractivity contribution in [2.45, 2.75) is 37.3 Å². The van der Waals surface area contributed by atoms with Gasteiger partial charge in [0.2, 0.25) is 0 Å². The van der Waals surface area contributed by atoms with Gasteiger partial charge in [-0.25, -0.2) is 9.59 Å². The van der Waals surface area contributed by atoms with Crippen LogP contribution in [0.5, 0.6) is 0 Å². The normalized spacial score (nSPS) is 18.2. The number of nitrogens with one attached hydrogen (secondary N) is 2. The van der Waals surface area contributed by atoms with Crippen molar-refractivity contribution in [1.82, 2.24) is 10.6 Å². The van der Waals surface area contributed by atoms with Crippen LogP contribution in [0.3, 0.4) is 0 Å². The molecule has 0 aliphatic heterocycles. The first kappa shape index (κ1) is 16.1. The van der Waals surface area contributed by atoms with Crippen LogP contribution in [0.25, 0.3) is 0 Å². The van der Waals surface area contributed by atoms with E-state index in [-0.39, 0.29) is 5.60 Å². The lowest BCUT2D eigenvalue weighted by atomic mass is 9.80. The van der Waals surface area contributed by atoms with E-state index in [0.717, 1.165) is 19.3 Å². The van der Waals surface area contributed by atoms with Gasteiger partial charge in [0.15, 0.2) is 0 Å². The Morgan fingerprint density at radius 2 is 2.16 bits per heavy atom. The first-order chi connectivity index (χ1) is 9.03. The molecule has 0 aromatic rings. The van der Waals surface area contributed by atoms with E-state index in [0.29, 0.717) is 18.7 Å². The summed E-state index contributed by atoms with van der Waals surface area (Å²) in [7, 11) is 1.64. The Hall–Kier alpha value is -0.950. The fourth-order valence-corrected chi connectivity index (χ4v) is 2.44. The lowest BCUT2D eigenvalue weighted by Crippen LogP contribution is -2.53. The summed E-state index contributed by atoms with van der Waals surface area (Å²) in [4.78, 5) is 22.7. The molecule has 3 N–H and O–H groups in total. The molecule has 7 heteroatoms. The monoisotopic (exact) mass is 290 g/mol. The molecule has 1 aliphatic rings. The highest BCUT2D eigenvalue weighted by molar-refractivity contribution is 7.98. The number of carbonyl (C=O) groups is 2. The van der Waals surface area contributed by atoms with Gasteiger partial charge in [0.05, 0.1) is 5.60 Å². The van der Waals surface area contributed by atoms with Gasteiger partial charge in [0.1, 0.15) is 6.04 Å². The van der Waals surface area contributed by atoms with Gasteiger partial charge < -0.3 is 20.5 Å². The van der Waals surface area contributed by atoms with E-state index in [4.69, 9.17) is 9.84 Å². The maximum absolute atomic E-state index is 11.7. The summed E-state index contributed by atoms with van der Waals surface area (Å²) >= 11 is 1.55. The molecule has 1 aliphatic carbocycles. The number of amides is 2. The smallest absolute Gasteiger partial charge is 0.326 e. The van der Waals surface area contributed by atoms with Gasteiger partial charge in [-0.15, -0.1) is 0 Å². The first-order valence-electron chi connectivity index (χ1n) is 6.34. The number of ether oxygens (including phenoxy) is 1. The maximum atomic E-state index is 11.7. The molecule has 1 saturated carbocycles. The Kier molecular flexibility index (Phi) is 6.44. The minimum absolute atomic E-state index is 0.255. The Labute approximate surface area is 117 Å². The Balaban J connectivity index is 2.33. The molecule has 0 heterocycles. The molecular formula is C12H22N2O4S. The largest absolute Gasteiger partial charge is 0.480 e. The number of carboxylic acids is 1. The van der Waals surface area contributed by atoms with E-state index in [9.17, 15) is 9.59 Å². The van der Waals surface area contributed by atoms with Crippen LogP contribution >= 0.6 is 11.8 Å². The summed E-state index contributed by atoms with van der Waals surface area (Å²) in [5.74, 6) is -0.312. The number of carbonyl (C=O) groups excluding carboxylic acids is 1. The number of methoxy groups -OCH3 is 1. The average Bonchev–Trinajstić information content (AvgIpc) is 2.33. The molecule has 0 saturated heterocycles. The number of hydrogen-bond donors (Lipinski definition) is 3. The third-order valence-electron chi connectivity index (χ3n) is 3.48. The number of carboxylic acid groups (broad SMARTS) is 1. The second-order valence-electron chi connectivity index (χ2n) is 4.74. The van der Waals surface area contributed by atoms with Crippen LogP contribution in [0.4, 0.5) is 4.79 Å². The molecule has 2 amide bonds. The van der Waals surface area contributed by atoms with E-state index in [1.54, 1.807) is 18.9 Å². The van der Waals surface area contributed by atoms with E-state index >= 15 is 0 Å². The fraction of sp³-hybridized carbons (Fsp3) is 0.833. The zero-order valence-corrected chi connectivity index (χ0v) is 12.2. The van der Waals surface area contributed by atoms with Crippen LogP contribution in [0.1, 0.15) is 25.7 Å². The van der Waals surface area contributed by atoms with Crippen LogP contribution in [0, 0.1) is 0 Å². The molecule has 0 aromatic heterocycles. The molecule has 1 rings (SSSR count). The van der Waals surface area contributed by atoms with Crippen LogP contribution in [0.15, 0.2) is 0 Å². The summed E-state index contributed by atoms with van der Waals surface area (Å²) in [6, 6.07) is -1.29. The maximum Gasteiger partial charge on any atom is 0.326 e. The molecule has 0 aromatic carbocycles. The molecule has 110 valence electrons. The molecule has 0 spiro atoms. The number of thioether (sulfide) groups is 1. The SMILES string of the molecule is COC1(CNC(=O)NC(CCSC)C(=O)O)CCC1. The van der Waals surface area contributed by atoms with Crippen molar-refractivity contribution in [3.05, 3.63) is 0 Å². The Morgan fingerprint density at radius 1 is 1.47 bits per heavy atom. The highest BCUT2D eigenvalue weighted by Crippen LogP contribution is 2.34. The lowest BCUT2D eigenvalue weighted by molar-refractivity contribution is -0.139. The van der Waals surface area contributed by atoms with Crippen molar-refractivity contribution in [2.75, 3.05) is 25.7 Å². The summed E-state index contributed by atoms with van der Waals surface area (Å²) in [6.07, 6.45) is 5.27. The summed E-state index contributed by atoms with van der Waals surface area (Å²) in [5, 5.41) is 14.2. The topological polar surface area (TPSA) is 87.7 Å². The van der Waals surface area contributed by atoms with Gasteiger partial charge >= 0.3 is 12.0 Å². The molecule has 1 atom stereocenters. The molecule has 1 unspecified atom stereocenters. The predicted octanol–water partition coefficient (Wildman–Crippen LogP) is 1.06. The van der Waals surface area contributed by atoms with Crippen molar-refractivity contribution in [3.8, 4) is 0 Å². The summed E-state index contributed by atoms with van der Waals surface area (Å²) < 4.78 is 5.38. The van der Waals surface area contributed by atoms with Gasteiger partial charge in [0.25, 0.3) is 0 Å². The van der Waals surface area contributed by atoms with Crippen LogP contribution in [-0.2, 0) is 9.53 Å². The van der Waals surface area contributed by atoms with Gasteiger partial charge in [-0.3, -0.25) is 0 Å².